The molecule has 1 amide bonds. The van der Waals surface area contributed by atoms with E-state index in [1.165, 1.54) is 13.0 Å². The number of hydrogen-bond donors (Lipinski definition) is 1. The minimum Gasteiger partial charge on any atom is -0.324 e. The highest BCUT2D eigenvalue weighted by molar-refractivity contribution is 7.92. The molecule has 0 aliphatic rings. The average Bonchev–Trinajstić information content (AvgIpc) is 2.51. The summed E-state index contributed by atoms with van der Waals surface area (Å²) in [6.07, 6.45) is 0.994. The monoisotopic (exact) mass is 368 g/mol. The Morgan fingerprint density at radius 1 is 1.08 bits per heavy atom. The van der Waals surface area contributed by atoms with Crippen molar-refractivity contribution >= 4 is 27.3 Å². The molecule has 1 atom stereocenters. The van der Waals surface area contributed by atoms with Gasteiger partial charge in [-0.25, -0.2) is 17.2 Å². The van der Waals surface area contributed by atoms with Gasteiger partial charge in [0.1, 0.15) is 6.04 Å². The molecule has 0 spiro atoms. The van der Waals surface area contributed by atoms with E-state index in [2.05, 4.69) is 5.32 Å². The number of sulfonamides is 1. The average molecular weight is 368 g/mol. The van der Waals surface area contributed by atoms with Crippen LogP contribution in [0.25, 0.3) is 0 Å². The summed E-state index contributed by atoms with van der Waals surface area (Å²) in [6.45, 7) is 3.27. The van der Waals surface area contributed by atoms with Crippen molar-refractivity contribution in [3.8, 4) is 0 Å². The lowest BCUT2D eigenvalue weighted by molar-refractivity contribution is -0.116. The molecule has 0 saturated carbocycles. The fourth-order valence-electron chi connectivity index (χ4n) is 2.32. The highest BCUT2D eigenvalue weighted by atomic mass is 32.2. The van der Waals surface area contributed by atoms with Crippen LogP contribution in [0.4, 0.5) is 20.2 Å². The van der Waals surface area contributed by atoms with Crippen LogP contribution in [0.5, 0.6) is 0 Å². The van der Waals surface area contributed by atoms with Crippen molar-refractivity contribution in [1.82, 2.24) is 0 Å². The van der Waals surface area contributed by atoms with Gasteiger partial charge in [0.2, 0.25) is 15.9 Å². The molecule has 2 rings (SSSR count). The van der Waals surface area contributed by atoms with Crippen molar-refractivity contribution < 1.29 is 22.0 Å². The van der Waals surface area contributed by atoms with E-state index in [1.807, 2.05) is 6.92 Å². The van der Waals surface area contributed by atoms with E-state index in [0.717, 1.165) is 28.3 Å². The Kier molecular flexibility index (Phi) is 5.42. The first-order valence-corrected chi connectivity index (χ1v) is 9.26. The molecular formula is C17H18F2N2O3S. The van der Waals surface area contributed by atoms with Crippen molar-refractivity contribution in [3.05, 3.63) is 59.7 Å². The molecule has 0 aliphatic heterocycles. The maximum Gasteiger partial charge on any atom is 0.247 e. The van der Waals surface area contributed by atoms with Gasteiger partial charge in [0, 0.05) is 11.8 Å². The van der Waals surface area contributed by atoms with Gasteiger partial charge in [0.15, 0.2) is 11.6 Å². The van der Waals surface area contributed by atoms with E-state index >= 15 is 0 Å². The third-order valence-corrected chi connectivity index (χ3v) is 4.81. The molecule has 0 unspecified atom stereocenters. The first-order chi connectivity index (χ1) is 11.6. The van der Waals surface area contributed by atoms with Crippen LogP contribution in [0, 0.1) is 18.6 Å². The van der Waals surface area contributed by atoms with E-state index in [0.29, 0.717) is 5.69 Å². The molecule has 8 heteroatoms. The fraction of sp³-hybridized carbons (Fsp3) is 0.235. The van der Waals surface area contributed by atoms with E-state index < -0.39 is 33.6 Å². The van der Waals surface area contributed by atoms with Gasteiger partial charge < -0.3 is 5.32 Å². The van der Waals surface area contributed by atoms with Crippen molar-refractivity contribution in [2.75, 3.05) is 15.9 Å². The zero-order chi connectivity index (χ0) is 18.8. The lowest BCUT2D eigenvalue weighted by atomic mass is 10.2. The molecule has 0 bridgehead atoms. The van der Waals surface area contributed by atoms with Crippen molar-refractivity contribution in [1.29, 1.82) is 0 Å². The number of nitrogens with one attached hydrogen (secondary N) is 1. The van der Waals surface area contributed by atoms with Crippen LogP contribution in [0.1, 0.15) is 12.5 Å². The van der Waals surface area contributed by atoms with Gasteiger partial charge in [-0.15, -0.1) is 0 Å². The summed E-state index contributed by atoms with van der Waals surface area (Å²) < 4.78 is 51.5. The van der Waals surface area contributed by atoms with Crippen molar-refractivity contribution in [2.45, 2.75) is 19.9 Å². The van der Waals surface area contributed by atoms with Crippen LogP contribution >= 0.6 is 0 Å². The largest absolute Gasteiger partial charge is 0.324 e. The van der Waals surface area contributed by atoms with Crippen LogP contribution in [-0.4, -0.2) is 26.6 Å². The molecule has 0 heterocycles. The summed E-state index contributed by atoms with van der Waals surface area (Å²) in [4.78, 5) is 12.4. The van der Waals surface area contributed by atoms with Gasteiger partial charge >= 0.3 is 0 Å². The second-order valence-corrected chi connectivity index (χ2v) is 7.55. The van der Waals surface area contributed by atoms with Gasteiger partial charge in [-0.05, 0) is 38.1 Å². The SMILES string of the molecule is Cc1ccc(N([C@H](C)C(=O)Nc2ccc(F)c(F)c2)S(C)(=O)=O)cc1. The molecular weight excluding hydrogens is 350 g/mol. The molecule has 0 aromatic heterocycles. The van der Waals surface area contributed by atoms with Crippen molar-refractivity contribution in [2.24, 2.45) is 0 Å². The third-order valence-electron chi connectivity index (χ3n) is 3.56. The number of aryl methyl sites for hydroxylation is 1. The normalized spacial score (nSPS) is 12.5. The van der Waals surface area contributed by atoms with Gasteiger partial charge in [-0.1, -0.05) is 17.7 Å². The highest BCUT2D eigenvalue weighted by Gasteiger charge is 2.29. The van der Waals surface area contributed by atoms with E-state index in [-0.39, 0.29) is 5.69 Å². The van der Waals surface area contributed by atoms with Crippen LogP contribution in [0.15, 0.2) is 42.5 Å². The van der Waals surface area contributed by atoms with Crippen LogP contribution in [0.2, 0.25) is 0 Å². The minimum atomic E-state index is -3.74. The van der Waals surface area contributed by atoms with Gasteiger partial charge in [0.25, 0.3) is 0 Å². The first-order valence-electron chi connectivity index (χ1n) is 7.41. The van der Waals surface area contributed by atoms with Gasteiger partial charge in [-0.2, -0.15) is 0 Å². The number of rotatable bonds is 5. The molecule has 0 fully saturated rings. The molecule has 2 aromatic rings. The summed E-state index contributed by atoms with van der Waals surface area (Å²) in [5, 5.41) is 2.39. The Bertz CT molecular complexity index is 883. The Balaban J connectivity index is 2.29. The zero-order valence-electron chi connectivity index (χ0n) is 14.0. The first kappa shape index (κ1) is 18.9. The number of halogens is 2. The second kappa shape index (κ2) is 7.18. The lowest BCUT2D eigenvalue weighted by Crippen LogP contribution is -2.45. The molecule has 134 valence electrons. The van der Waals surface area contributed by atoms with Crippen LogP contribution < -0.4 is 9.62 Å². The Labute approximate surface area is 145 Å². The van der Waals surface area contributed by atoms with Crippen molar-refractivity contribution in [3.63, 3.8) is 0 Å². The summed E-state index contributed by atoms with van der Waals surface area (Å²) >= 11 is 0. The van der Waals surface area contributed by atoms with Crippen LogP contribution in [0.3, 0.4) is 0 Å². The standard InChI is InChI=1S/C17H18F2N2O3S/c1-11-4-7-14(8-5-11)21(25(3,23)24)12(2)17(22)20-13-6-9-15(18)16(19)10-13/h4-10,12H,1-3H3,(H,20,22)/t12-/m1/s1. The quantitative estimate of drug-likeness (QED) is 0.882. The smallest absolute Gasteiger partial charge is 0.247 e. The molecule has 0 aliphatic carbocycles. The fourth-order valence-corrected chi connectivity index (χ4v) is 3.50. The predicted molar refractivity (Wildman–Crippen MR) is 93.0 cm³/mol. The molecule has 25 heavy (non-hydrogen) atoms. The Morgan fingerprint density at radius 2 is 1.68 bits per heavy atom. The number of benzene rings is 2. The zero-order valence-corrected chi connectivity index (χ0v) is 14.8. The summed E-state index contributed by atoms with van der Waals surface area (Å²) in [7, 11) is -3.74. The predicted octanol–water partition coefficient (Wildman–Crippen LogP) is 3.07. The Morgan fingerprint density at radius 3 is 2.20 bits per heavy atom. The van der Waals surface area contributed by atoms with Crippen LogP contribution in [-0.2, 0) is 14.8 Å². The molecule has 0 saturated heterocycles. The molecule has 0 radical (unpaired) electrons. The molecule has 2 aromatic carbocycles. The Hall–Kier alpha value is -2.48. The maximum atomic E-state index is 13.2. The second-order valence-electron chi connectivity index (χ2n) is 5.69. The lowest BCUT2D eigenvalue weighted by Gasteiger charge is -2.28. The number of amides is 1. The van der Waals surface area contributed by atoms with E-state index in [9.17, 15) is 22.0 Å². The number of carbonyl (C=O) groups is 1. The number of nitrogens with zero attached hydrogens (tertiary/aromatic N) is 1. The van der Waals surface area contributed by atoms with E-state index in [1.54, 1.807) is 24.3 Å². The summed E-state index contributed by atoms with van der Waals surface area (Å²) in [5.74, 6) is -2.82. The summed E-state index contributed by atoms with van der Waals surface area (Å²) in [5.41, 5.74) is 1.31. The van der Waals surface area contributed by atoms with Gasteiger partial charge in [0.05, 0.1) is 11.9 Å². The number of hydrogen-bond acceptors (Lipinski definition) is 3. The summed E-state index contributed by atoms with van der Waals surface area (Å²) in [6, 6.07) is 8.46. The highest BCUT2D eigenvalue weighted by Crippen LogP contribution is 2.22. The molecule has 5 nitrogen and oxygen atoms in total. The molecule has 1 N–H and O–H groups in total. The van der Waals surface area contributed by atoms with E-state index in [4.69, 9.17) is 0 Å². The number of anilines is 2. The maximum absolute atomic E-state index is 13.2. The minimum absolute atomic E-state index is 0.0353. The third kappa shape index (κ3) is 4.54. The van der Waals surface area contributed by atoms with Gasteiger partial charge in [-0.3, -0.25) is 9.10 Å². The number of carbonyl (C=O) groups excluding carboxylic acids is 1. The topological polar surface area (TPSA) is 66.5 Å².